The van der Waals surface area contributed by atoms with Crippen molar-refractivity contribution in [3.63, 3.8) is 0 Å². The molecule has 1 aliphatic carbocycles. The molecule has 2 aliphatic rings. The summed E-state index contributed by atoms with van der Waals surface area (Å²) in [6.07, 6.45) is 3.23. The fraction of sp³-hybridized carbons (Fsp3) is 0.938. The lowest BCUT2D eigenvalue weighted by Crippen LogP contribution is -2.35. The van der Waals surface area contributed by atoms with Crippen LogP contribution in [0.15, 0.2) is 0 Å². The SMILES string of the molecule is CC(=O)O[C@H]1CSC(COOC2C[C@H](C)CC[C@H]2C(C)C)O1. The Hall–Kier alpha value is -0.300. The van der Waals surface area contributed by atoms with Crippen LogP contribution in [-0.2, 0) is 24.0 Å². The molecule has 1 aliphatic heterocycles. The summed E-state index contributed by atoms with van der Waals surface area (Å²) in [5.41, 5.74) is -0.136. The van der Waals surface area contributed by atoms with E-state index in [9.17, 15) is 4.79 Å². The first-order valence-electron chi connectivity index (χ1n) is 8.18. The minimum Gasteiger partial charge on any atom is -0.435 e. The zero-order valence-corrected chi connectivity index (χ0v) is 14.8. The maximum Gasteiger partial charge on any atom is 0.304 e. The second-order valence-corrected chi connectivity index (χ2v) is 7.88. The molecule has 0 aromatic carbocycles. The molecule has 1 heterocycles. The number of hydrogen-bond donors (Lipinski definition) is 0. The number of hydrogen-bond acceptors (Lipinski definition) is 6. The van der Waals surface area contributed by atoms with Crippen molar-refractivity contribution in [1.82, 2.24) is 0 Å². The van der Waals surface area contributed by atoms with Gasteiger partial charge in [0.05, 0.1) is 11.9 Å². The molecular weight excluding hydrogens is 304 g/mol. The Labute approximate surface area is 137 Å². The summed E-state index contributed by atoms with van der Waals surface area (Å²) in [4.78, 5) is 22.0. The minimum absolute atomic E-state index is 0.136. The van der Waals surface area contributed by atoms with Crippen molar-refractivity contribution in [2.24, 2.45) is 17.8 Å². The average molecular weight is 332 g/mol. The Morgan fingerprint density at radius 1 is 1.36 bits per heavy atom. The highest BCUT2D eigenvalue weighted by Crippen LogP contribution is 2.35. The molecule has 128 valence electrons. The van der Waals surface area contributed by atoms with E-state index >= 15 is 0 Å². The van der Waals surface area contributed by atoms with Crippen LogP contribution in [0, 0.1) is 17.8 Å². The number of carbonyl (C=O) groups is 1. The molecule has 0 aromatic heterocycles. The van der Waals surface area contributed by atoms with Gasteiger partial charge >= 0.3 is 5.97 Å². The van der Waals surface area contributed by atoms with Crippen LogP contribution in [0.4, 0.5) is 0 Å². The molecule has 22 heavy (non-hydrogen) atoms. The number of carbonyl (C=O) groups excluding carboxylic acids is 1. The van der Waals surface area contributed by atoms with Crippen LogP contribution in [0.3, 0.4) is 0 Å². The van der Waals surface area contributed by atoms with Gasteiger partial charge < -0.3 is 9.47 Å². The highest BCUT2D eigenvalue weighted by Gasteiger charge is 2.33. The maximum absolute atomic E-state index is 10.9. The molecule has 1 saturated heterocycles. The summed E-state index contributed by atoms with van der Waals surface area (Å²) >= 11 is 1.58. The first-order valence-corrected chi connectivity index (χ1v) is 9.23. The summed E-state index contributed by atoms with van der Waals surface area (Å²) in [6, 6.07) is 0. The Kier molecular flexibility index (Phi) is 6.99. The summed E-state index contributed by atoms with van der Waals surface area (Å²) in [6.45, 7) is 8.51. The van der Waals surface area contributed by atoms with Gasteiger partial charge in [0.1, 0.15) is 12.0 Å². The van der Waals surface area contributed by atoms with Crippen molar-refractivity contribution in [2.45, 2.75) is 64.8 Å². The lowest BCUT2D eigenvalue weighted by molar-refractivity contribution is -0.348. The predicted molar refractivity (Wildman–Crippen MR) is 85.1 cm³/mol. The molecular formula is C16H28O5S. The first-order chi connectivity index (χ1) is 10.5. The first kappa shape index (κ1) is 18.0. The standard InChI is InChI=1S/C16H28O5S/c1-10(2)13-6-5-11(3)7-14(13)21-18-8-16-20-15(9-22-16)19-12(4)17/h10-11,13-16H,5-9H2,1-4H3/t11-,13+,14?,15-,16?/m1/s1. The van der Waals surface area contributed by atoms with Crippen LogP contribution in [0.1, 0.15) is 47.0 Å². The van der Waals surface area contributed by atoms with Gasteiger partial charge in [-0.15, -0.1) is 11.8 Å². The number of ether oxygens (including phenoxy) is 2. The summed E-state index contributed by atoms with van der Waals surface area (Å²) in [5.74, 6) is 2.17. The Bertz CT molecular complexity index is 362. The highest BCUT2D eigenvalue weighted by atomic mass is 32.2. The molecule has 0 radical (unpaired) electrons. The normalized spacial score (nSPS) is 35.8. The van der Waals surface area contributed by atoms with Crippen LogP contribution in [0.5, 0.6) is 0 Å². The molecule has 1 saturated carbocycles. The van der Waals surface area contributed by atoms with Crippen LogP contribution < -0.4 is 0 Å². The lowest BCUT2D eigenvalue weighted by Gasteiger charge is -2.36. The minimum atomic E-state index is -0.464. The van der Waals surface area contributed by atoms with E-state index in [1.54, 1.807) is 11.8 Å². The largest absolute Gasteiger partial charge is 0.435 e. The monoisotopic (exact) mass is 332 g/mol. The third-order valence-electron chi connectivity index (χ3n) is 4.38. The molecule has 6 heteroatoms. The van der Waals surface area contributed by atoms with Crippen LogP contribution in [-0.4, -0.2) is 36.2 Å². The van der Waals surface area contributed by atoms with Gasteiger partial charge in [0, 0.05) is 6.92 Å². The maximum atomic E-state index is 10.9. The van der Waals surface area contributed by atoms with Crippen molar-refractivity contribution in [2.75, 3.05) is 12.4 Å². The quantitative estimate of drug-likeness (QED) is 0.422. The van der Waals surface area contributed by atoms with Gasteiger partial charge in [0.25, 0.3) is 0 Å². The molecule has 2 unspecified atom stereocenters. The smallest absolute Gasteiger partial charge is 0.304 e. The van der Waals surface area contributed by atoms with Crippen LogP contribution >= 0.6 is 11.8 Å². The summed E-state index contributed by atoms with van der Waals surface area (Å²) in [7, 11) is 0. The summed E-state index contributed by atoms with van der Waals surface area (Å²) < 4.78 is 10.6. The zero-order valence-electron chi connectivity index (χ0n) is 13.9. The molecule has 0 bridgehead atoms. The molecule has 0 aromatic rings. The van der Waals surface area contributed by atoms with E-state index in [0.29, 0.717) is 30.1 Å². The molecule has 2 fully saturated rings. The van der Waals surface area contributed by atoms with Crippen molar-refractivity contribution < 1.29 is 24.0 Å². The Balaban J connectivity index is 1.70. The van der Waals surface area contributed by atoms with Crippen molar-refractivity contribution >= 4 is 17.7 Å². The molecule has 0 amide bonds. The summed E-state index contributed by atoms with van der Waals surface area (Å²) in [5, 5.41) is 0. The highest BCUT2D eigenvalue weighted by molar-refractivity contribution is 8.00. The van der Waals surface area contributed by atoms with Crippen LogP contribution in [0.2, 0.25) is 0 Å². The van der Waals surface area contributed by atoms with Gasteiger partial charge in [0.15, 0.2) is 0 Å². The van der Waals surface area contributed by atoms with Crippen molar-refractivity contribution in [3.05, 3.63) is 0 Å². The topological polar surface area (TPSA) is 54.0 Å². The number of esters is 1. The lowest BCUT2D eigenvalue weighted by atomic mass is 9.75. The van der Waals surface area contributed by atoms with E-state index in [-0.39, 0.29) is 17.5 Å². The van der Waals surface area contributed by atoms with E-state index < -0.39 is 6.29 Å². The predicted octanol–water partition coefficient (Wildman–Crippen LogP) is 3.37. The van der Waals surface area contributed by atoms with E-state index in [1.807, 2.05) is 0 Å². The second kappa shape index (κ2) is 8.52. The number of thioether (sulfide) groups is 1. The van der Waals surface area contributed by atoms with Gasteiger partial charge in [-0.05, 0) is 30.6 Å². The Morgan fingerprint density at radius 2 is 2.14 bits per heavy atom. The van der Waals surface area contributed by atoms with Gasteiger partial charge in [-0.25, -0.2) is 9.78 Å². The van der Waals surface area contributed by atoms with Gasteiger partial charge in [-0.3, -0.25) is 4.79 Å². The molecule has 2 rings (SSSR count). The van der Waals surface area contributed by atoms with Crippen molar-refractivity contribution in [3.8, 4) is 0 Å². The van der Waals surface area contributed by atoms with Crippen molar-refractivity contribution in [1.29, 1.82) is 0 Å². The van der Waals surface area contributed by atoms with E-state index in [2.05, 4.69) is 20.8 Å². The second-order valence-electron chi connectivity index (χ2n) is 6.68. The average Bonchev–Trinajstić information content (AvgIpc) is 2.85. The fourth-order valence-corrected chi connectivity index (χ4v) is 4.05. The molecule has 0 spiro atoms. The van der Waals surface area contributed by atoms with Gasteiger partial charge in [0.2, 0.25) is 6.29 Å². The van der Waals surface area contributed by atoms with Gasteiger partial charge in [-0.1, -0.05) is 27.2 Å². The molecule has 5 nitrogen and oxygen atoms in total. The van der Waals surface area contributed by atoms with E-state index in [0.717, 1.165) is 6.42 Å². The van der Waals surface area contributed by atoms with E-state index in [1.165, 1.54) is 19.8 Å². The Morgan fingerprint density at radius 3 is 2.82 bits per heavy atom. The third-order valence-corrected chi connectivity index (χ3v) is 5.46. The van der Waals surface area contributed by atoms with Crippen LogP contribution in [0.25, 0.3) is 0 Å². The zero-order chi connectivity index (χ0) is 16.1. The van der Waals surface area contributed by atoms with Gasteiger partial charge in [-0.2, -0.15) is 0 Å². The molecule has 0 N–H and O–H groups in total. The fourth-order valence-electron chi connectivity index (χ4n) is 3.18. The molecule has 5 atom stereocenters. The third kappa shape index (κ3) is 5.41. The number of rotatable bonds is 6. The van der Waals surface area contributed by atoms with E-state index in [4.69, 9.17) is 19.2 Å².